The minimum absolute atomic E-state index is 0.0192. The van der Waals surface area contributed by atoms with Gasteiger partial charge in [-0.1, -0.05) is 23.7 Å². The quantitative estimate of drug-likeness (QED) is 0.849. The highest BCUT2D eigenvalue weighted by molar-refractivity contribution is 8.00. The van der Waals surface area contributed by atoms with Crippen LogP contribution in [0.4, 0.5) is 5.82 Å². The third-order valence-electron chi connectivity index (χ3n) is 3.07. The standard InChI is InChI=1S/C13H12ClN3OS/c1-7-11-12(8-2-4-9(14)5-3-8)19-6-10(18)15-13(11)17-16-7/h2-5,12H,6H2,1H3,(H2,15,16,17,18)/t12-/m1/s1. The van der Waals surface area contributed by atoms with E-state index in [4.69, 9.17) is 11.6 Å². The van der Waals surface area contributed by atoms with Crippen molar-refractivity contribution in [2.45, 2.75) is 12.2 Å². The summed E-state index contributed by atoms with van der Waals surface area (Å²) in [7, 11) is 0. The van der Waals surface area contributed by atoms with Crippen LogP contribution in [0.3, 0.4) is 0 Å². The summed E-state index contributed by atoms with van der Waals surface area (Å²) in [4.78, 5) is 11.7. The van der Waals surface area contributed by atoms with Gasteiger partial charge in [0.15, 0.2) is 5.82 Å². The molecule has 19 heavy (non-hydrogen) atoms. The zero-order valence-electron chi connectivity index (χ0n) is 10.2. The third-order valence-corrected chi connectivity index (χ3v) is 4.59. The monoisotopic (exact) mass is 293 g/mol. The Labute approximate surface area is 119 Å². The van der Waals surface area contributed by atoms with Gasteiger partial charge in [-0.2, -0.15) is 5.10 Å². The van der Waals surface area contributed by atoms with Gasteiger partial charge in [-0.3, -0.25) is 9.89 Å². The van der Waals surface area contributed by atoms with Gasteiger partial charge in [0.05, 0.1) is 11.0 Å². The van der Waals surface area contributed by atoms with E-state index in [1.165, 1.54) is 0 Å². The number of H-pyrrole nitrogens is 1. The number of nitrogens with one attached hydrogen (secondary N) is 2. The summed E-state index contributed by atoms with van der Waals surface area (Å²) in [6, 6.07) is 7.72. The number of halogens is 1. The molecule has 3 rings (SSSR count). The van der Waals surface area contributed by atoms with Crippen LogP contribution in [0.25, 0.3) is 0 Å². The van der Waals surface area contributed by atoms with E-state index in [0.717, 1.165) is 16.8 Å². The lowest BCUT2D eigenvalue weighted by Gasteiger charge is -2.15. The maximum absolute atomic E-state index is 11.7. The summed E-state index contributed by atoms with van der Waals surface area (Å²) in [6.45, 7) is 1.97. The highest BCUT2D eigenvalue weighted by atomic mass is 35.5. The zero-order chi connectivity index (χ0) is 13.4. The van der Waals surface area contributed by atoms with E-state index < -0.39 is 0 Å². The Kier molecular flexibility index (Phi) is 3.24. The number of rotatable bonds is 1. The Bertz CT molecular complexity index is 623. The number of amides is 1. The van der Waals surface area contributed by atoms with Gasteiger partial charge in [0, 0.05) is 16.3 Å². The van der Waals surface area contributed by atoms with Crippen molar-refractivity contribution in [2.75, 3.05) is 11.1 Å². The number of benzene rings is 1. The van der Waals surface area contributed by atoms with Crippen LogP contribution in [0.5, 0.6) is 0 Å². The molecule has 2 heterocycles. The fraction of sp³-hybridized carbons (Fsp3) is 0.231. The van der Waals surface area contributed by atoms with E-state index in [0.29, 0.717) is 16.6 Å². The van der Waals surface area contributed by atoms with Crippen molar-refractivity contribution in [2.24, 2.45) is 0 Å². The predicted octanol–water partition coefficient (Wildman–Crippen LogP) is 3.15. The SMILES string of the molecule is Cc1[nH]nc2c1[C@@H](c1ccc(Cl)cc1)SCC(=O)N2. The van der Waals surface area contributed by atoms with Crippen LogP contribution in [-0.4, -0.2) is 21.9 Å². The average Bonchev–Trinajstić information content (AvgIpc) is 2.65. The molecule has 1 atom stereocenters. The second kappa shape index (κ2) is 4.90. The molecular formula is C13H12ClN3OS. The van der Waals surface area contributed by atoms with E-state index >= 15 is 0 Å². The molecule has 0 radical (unpaired) electrons. The van der Waals surface area contributed by atoms with Gasteiger partial charge in [-0.25, -0.2) is 0 Å². The molecule has 0 aliphatic carbocycles. The van der Waals surface area contributed by atoms with Gasteiger partial charge in [-0.05, 0) is 24.6 Å². The highest BCUT2D eigenvalue weighted by Crippen LogP contribution is 2.42. The number of thioether (sulfide) groups is 1. The van der Waals surface area contributed by atoms with E-state index in [-0.39, 0.29) is 11.2 Å². The molecule has 0 saturated heterocycles. The fourth-order valence-corrected chi connectivity index (χ4v) is 3.49. The van der Waals surface area contributed by atoms with Crippen molar-refractivity contribution in [3.8, 4) is 0 Å². The van der Waals surface area contributed by atoms with Crippen molar-refractivity contribution < 1.29 is 4.79 Å². The summed E-state index contributed by atoms with van der Waals surface area (Å²) in [5.74, 6) is 1.03. The number of anilines is 1. The largest absolute Gasteiger partial charge is 0.308 e. The molecule has 2 N–H and O–H groups in total. The molecule has 0 saturated carbocycles. The number of hydrogen-bond acceptors (Lipinski definition) is 3. The van der Waals surface area contributed by atoms with Gasteiger partial charge < -0.3 is 5.32 Å². The maximum Gasteiger partial charge on any atom is 0.235 e. The van der Waals surface area contributed by atoms with Crippen molar-refractivity contribution in [1.82, 2.24) is 10.2 Å². The molecule has 0 spiro atoms. The minimum Gasteiger partial charge on any atom is -0.308 e. The van der Waals surface area contributed by atoms with E-state index in [2.05, 4.69) is 15.5 Å². The number of fused-ring (bicyclic) bond motifs is 1. The van der Waals surface area contributed by atoms with Crippen LogP contribution in [-0.2, 0) is 4.79 Å². The Morgan fingerprint density at radius 2 is 2.11 bits per heavy atom. The Morgan fingerprint density at radius 1 is 1.37 bits per heavy atom. The Hall–Kier alpha value is -1.46. The molecule has 1 aliphatic rings. The first-order valence-corrected chi connectivity index (χ1v) is 7.29. The second-order valence-corrected chi connectivity index (χ2v) is 5.93. The number of carbonyl (C=O) groups is 1. The van der Waals surface area contributed by atoms with Gasteiger partial charge in [0.25, 0.3) is 0 Å². The number of hydrogen-bond donors (Lipinski definition) is 2. The van der Waals surface area contributed by atoms with E-state index in [9.17, 15) is 4.79 Å². The maximum atomic E-state index is 11.7. The van der Waals surface area contributed by atoms with Gasteiger partial charge in [0.1, 0.15) is 0 Å². The summed E-state index contributed by atoms with van der Waals surface area (Å²) >= 11 is 7.52. The molecule has 0 unspecified atom stereocenters. The molecule has 1 aromatic heterocycles. The fourth-order valence-electron chi connectivity index (χ4n) is 2.16. The number of aromatic nitrogens is 2. The van der Waals surface area contributed by atoms with Crippen LogP contribution >= 0.6 is 23.4 Å². The van der Waals surface area contributed by atoms with Crippen LogP contribution in [0.1, 0.15) is 22.1 Å². The normalized spacial score (nSPS) is 18.6. The number of aromatic amines is 1. The Balaban J connectivity index is 2.08. The lowest BCUT2D eigenvalue weighted by atomic mass is 10.0. The molecule has 0 fully saturated rings. The molecule has 1 aliphatic heterocycles. The van der Waals surface area contributed by atoms with Gasteiger partial charge in [0.2, 0.25) is 5.91 Å². The molecule has 6 heteroatoms. The van der Waals surface area contributed by atoms with Crippen molar-refractivity contribution in [3.63, 3.8) is 0 Å². The predicted molar refractivity (Wildman–Crippen MR) is 77.7 cm³/mol. The number of aryl methyl sites for hydroxylation is 1. The Morgan fingerprint density at radius 3 is 2.84 bits per heavy atom. The molecule has 0 bridgehead atoms. The van der Waals surface area contributed by atoms with Crippen molar-refractivity contribution in [3.05, 3.63) is 46.1 Å². The smallest absolute Gasteiger partial charge is 0.235 e. The first kappa shape index (κ1) is 12.6. The molecule has 98 valence electrons. The average molecular weight is 294 g/mol. The minimum atomic E-state index is -0.0192. The van der Waals surface area contributed by atoms with Gasteiger partial charge >= 0.3 is 0 Å². The number of carbonyl (C=O) groups excluding carboxylic acids is 1. The van der Waals surface area contributed by atoms with E-state index in [1.54, 1.807) is 11.8 Å². The van der Waals surface area contributed by atoms with Crippen LogP contribution in [0.2, 0.25) is 5.02 Å². The third kappa shape index (κ3) is 2.35. The number of nitrogens with zero attached hydrogens (tertiary/aromatic N) is 1. The zero-order valence-corrected chi connectivity index (χ0v) is 11.8. The lowest BCUT2D eigenvalue weighted by Crippen LogP contribution is -2.12. The van der Waals surface area contributed by atoms with Crippen molar-refractivity contribution >= 4 is 35.1 Å². The van der Waals surface area contributed by atoms with Gasteiger partial charge in [-0.15, -0.1) is 11.8 Å². The van der Waals surface area contributed by atoms with Crippen LogP contribution < -0.4 is 5.32 Å². The van der Waals surface area contributed by atoms with Crippen LogP contribution in [0.15, 0.2) is 24.3 Å². The molecular weight excluding hydrogens is 282 g/mol. The molecule has 4 nitrogen and oxygen atoms in total. The highest BCUT2D eigenvalue weighted by Gasteiger charge is 2.27. The molecule has 1 aromatic carbocycles. The summed E-state index contributed by atoms with van der Waals surface area (Å²) < 4.78 is 0. The first-order chi connectivity index (χ1) is 9.15. The van der Waals surface area contributed by atoms with Crippen LogP contribution in [0, 0.1) is 6.92 Å². The molecule has 2 aromatic rings. The summed E-state index contributed by atoms with van der Waals surface area (Å²) in [5.41, 5.74) is 3.14. The summed E-state index contributed by atoms with van der Waals surface area (Å²) in [5, 5.41) is 10.7. The summed E-state index contributed by atoms with van der Waals surface area (Å²) in [6.07, 6.45) is 0. The molecule has 1 amide bonds. The second-order valence-electron chi connectivity index (χ2n) is 4.40. The lowest BCUT2D eigenvalue weighted by molar-refractivity contribution is -0.113. The topological polar surface area (TPSA) is 57.8 Å². The van der Waals surface area contributed by atoms with E-state index in [1.807, 2.05) is 31.2 Å². The van der Waals surface area contributed by atoms with Crippen molar-refractivity contribution in [1.29, 1.82) is 0 Å². The first-order valence-electron chi connectivity index (χ1n) is 5.87.